The van der Waals surface area contributed by atoms with E-state index in [9.17, 15) is 0 Å². The van der Waals surface area contributed by atoms with Crippen LogP contribution in [0.5, 0.6) is 0 Å². The lowest BCUT2D eigenvalue weighted by Gasteiger charge is -2.45. The molecule has 2 heteroatoms. The fourth-order valence-corrected chi connectivity index (χ4v) is 2.00. The molecule has 1 rings (SSSR count). The predicted octanol–water partition coefficient (Wildman–Crippen LogP) is 2.23. The van der Waals surface area contributed by atoms with Crippen LogP contribution in [-0.4, -0.2) is 25.9 Å². The van der Waals surface area contributed by atoms with Crippen molar-refractivity contribution in [1.82, 2.24) is 0 Å². The second kappa shape index (κ2) is 4.33. The molecule has 0 aromatic heterocycles. The predicted molar refractivity (Wildman–Crippen MR) is 57.0 cm³/mol. The van der Waals surface area contributed by atoms with Gasteiger partial charge in [0.1, 0.15) is 5.60 Å². The Morgan fingerprint density at radius 2 is 2.21 bits per heavy atom. The summed E-state index contributed by atoms with van der Waals surface area (Å²) in [7, 11) is 1.70. The number of terminal acetylenes is 1. The molecule has 80 valence electrons. The van der Waals surface area contributed by atoms with Gasteiger partial charge >= 0.3 is 0 Å². The Kier molecular flexibility index (Phi) is 3.58. The molecule has 0 bridgehead atoms. The lowest BCUT2D eigenvalue weighted by molar-refractivity contribution is -0.161. The largest absolute Gasteiger partial charge is 0.382 e. The van der Waals surface area contributed by atoms with E-state index in [1.54, 1.807) is 7.11 Å². The van der Waals surface area contributed by atoms with Gasteiger partial charge in [-0.1, -0.05) is 5.92 Å². The van der Waals surface area contributed by atoms with Crippen molar-refractivity contribution < 1.29 is 9.47 Å². The first-order valence-electron chi connectivity index (χ1n) is 5.19. The highest BCUT2D eigenvalue weighted by Gasteiger charge is 2.46. The molecule has 1 aliphatic heterocycles. The van der Waals surface area contributed by atoms with Gasteiger partial charge in [0.05, 0.1) is 12.0 Å². The average Bonchev–Trinajstić information content (AvgIpc) is 2.19. The summed E-state index contributed by atoms with van der Waals surface area (Å²) in [6.45, 7) is 5.49. The Balaban J connectivity index is 2.86. The maximum absolute atomic E-state index is 5.89. The zero-order valence-corrected chi connectivity index (χ0v) is 9.43. The first-order valence-corrected chi connectivity index (χ1v) is 5.19. The highest BCUT2D eigenvalue weighted by atomic mass is 16.5. The molecule has 1 atom stereocenters. The summed E-state index contributed by atoms with van der Waals surface area (Å²) < 4.78 is 11.1. The van der Waals surface area contributed by atoms with E-state index in [2.05, 4.69) is 19.8 Å². The molecule has 0 aliphatic carbocycles. The Bertz CT molecular complexity index is 213. The van der Waals surface area contributed by atoms with E-state index in [4.69, 9.17) is 15.9 Å². The summed E-state index contributed by atoms with van der Waals surface area (Å²) in [5.41, 5.74) is -0.543. The molecule has 0 amide bonds. The third kappa shape index (κ3) is 1.94. The minimum Gasteiger partial charge on any atom is -0.382 e. The molecule has 1 unspecified atom stereocenters. The lowest BCUT2D eigenvalue weighted by Crippen LogP contribution is -2.52. The zero-order chi connectivity index (χ0) is 10.7. The van der Waals surface area contributed by atoms with E-state index < -0.39 is 0 Å². The summed E-state index contributed by atoms with van der Waals surface area (Å²) in [4.78, 5) is 0. The third-order valence-electron chi connectivity index (χ3n) is 3.23. The fraction of sp³-hybridized carbons (Fsp3) is 0.833. The molecule has 1 saturated heterocycles. The van der Waals surface area contributed by atoms with Gasteiger partial charge in [0, 0.05) is 13.7 Å². The van der Waals surface area contributed by atoms with Gasteiger partial charge in [0.15, 0.2) is 0 Å². The first kappa shape index (κ1) is 11.6. The summed E-state index contributed by atoms with van der Waals surface area (Å²) in [6, 6.07) is 0. The van der Waals surface area contributed by atoms with Crippen LogP contribution in [0.2, 0.25) is 0 Å². The minimum absolute atomic E-state index is 0.260. The Hall–Kier alpha value is -0.520. The van der Waals surface area contributed by atoms with Crippen molar-refractivity contribution in [2.75, 3.05) is 20.3 Å². The van der Waals surface area contributed by atoms with Gasteiger partial charge < -0.3 is 9.47 Å². The summed E-state index contributed by atoms with van der Waals surface area (Å²) in [6.07, 6.45) is 8.87. The van der Waals surface area contributed by atoms with Crippen molar-refractivity contribution in [3.63, 3.8) is 0 Å². The van der Waals surface area contributed by atoms with Gasteiger partial charge in [-0.15, -0.1) is 6.42 Å². The number of hydrogen-bond donors (Lipinski definition) is 0. The van der Waals surface area contributed by atoms with Gasteiger partial charge in [0.2, 0.25) is 0 Å². The number of methoxy groups -OCH3 is 1. The van der Waals surface area contributed by atoms with Gasteiger partial charge in [-0.3, -0.25) is 0 Å². The number of ether oxygens (including phenoxy) is 2. The van der Waals surface area contributed by atoms with Crippen LogP contribution in [0.1, 0.15) is 33.1 Å². The molecule has 1 heterocycles. The maximum atomic E-state index is 5.89. The van der Waals surface area contributed by atoms with Crippen LogP contribution in [0.15, 0.2) is 0 Å². The van der Waals surface area contributed by atoms with Crippen LogP contribution in [0.3, 0.4) is 0 Å². The quantitative estimate of drug-likeness (QED) is 0.644. The van der Waals surface area contributed by atoms with E-state index in [-0.39, 0.29) is 11.0 Å². The molecular formula is C12H20O2. The first-order chi connectivity index (χ1) is 6.58. The highest BCUT2D eigenvalue weighted by Crippen LogP contribution is 2.40. The van der Waals surface area contributed by atoms with Crippen LogP contribution in [-0.2, 0) is 9.47 Å². The Morgan fingerprint density at radius 1 is 1.50 bits per heavy atom. The molecular weight excluding hydrogens is 176 g/mol. The molecule has 0 radical (unpaired) electrons. The molecule has 1 fully saturated rings. The van der Waals surface area contributed by atoms with Crippen molar-refractivity contribution in [3.05, 3.63) is 0 Å². The Labute approximate surface area is 87.0 Å². The molecule has 0 spiro atoms. The van der Waals surface area contributed by atoms with Crippen molar-refractivity contribution in [2.24, 2.45) is 5.41 Å². The van der Waals surface area contributed by atoms with Gasteiger partial charge in [0.25, 0.3) is 0 Å². The standard InChI is InChI=1S/C12H20O2/c1-5-11(2,3)12(10-13-4)8-6-7-9-14-12/h1H,6-10H2,2-4H3. The van der Waals surface area contributed by atoms with Crippen LogP contribution in [0, 0.1) is 17.8 Å². The van der Waals surface area contributed by atoms with E-state index in [1.807, 2.05) is 0 Å². The smallest absolute Gasteiger partial charge is 0.107 e. The van der Waals surface area contributed by atoms with Crippen LogP contribution >= 0.6 is 0 Å². The van der Waals surface area contributed by atoms with E-state index in [0.717, 1.165) is 19.4 Å². The molecule has 1 aliphatic rings. The SMILES string of the molecule is C#CC(C)(C)C1(COC)CCCCO1. The highest BCUT2D eigenvalue weighted by molar-refractivity contribution is 5.13. The van der Waals surface area contributed by atoms with E-state index >= 15 is 0 Å². The Morgan fingerprint density at radius 3 is 2.64 bits per heavy atom. The summed E-state index contributed by atoms with van der Waals surface area (Å²) in [5, 5.41) is 0. The van der Waals surface area contributed by atoms with Gasteiger partial charge in [-0.25, -0.2) is 0 Å². The number of rotatable bonds is 3. The molecule has 0 aromatic rings. The lowest BCUT2D eigenvalue weighted by atomic mass is 9.72. The molecule has 14 heavy (non-hydrogen) atoms. The maximum Gasteiger partial charge on any atom is 0.107 e. The van der Waals surface area contributed by atoms with Crippen LogP contribution in [0.4, 0.5) is 0 Å². The average molecular weight is 196 g/mol. The summed E-state index contributed by atoms with van der Waals surface area (Å²) >= 11 is 0. The second-order valence-electron chi connectivity index (χ2n) is 4.50. The zero-order valence-electron chi connectivity index (χ0n) is 9.43. The number of hydrogen-bond acceptors (Lipinski definition) is 2. The molecule has 0 aromatic carbocycles. The summed E-state index contributed by atoms with van der Waals surface area (Å²) in [5.74, 6) is 2.83. The monoisotopic (exact) mass is 196 g/mol. The fourth-order valence-electron chi connectivity index (χ4n) is 2.00. The van der Waals surface area contributed by atoms with Crippen LogP contribution in [0.25, 0.3) is 0 Å². The van der Waals surface area contributed by atoms with Crippen molar-refractivity contribution in [2.45, 2.75) is 38.7 Å². The molecule has 0 saturated carbocycles. The normalized spacial score (nSPS) is 28.4. The van der Waals surface area contributed by atoms with Gasteiger partial charge in [-0.05, 0) is 33.1 Å². The van der Waals surface area contributed by atoms with Crippen molar-refractivity contribution in [3.8, 4) is 12.3 Å². The van der Waals surface area contributed by atoms with Crippen LogP contribution < -0.4 is 0 Å². The molecule has 0 N–H and O–H groups in total. The third-order valence-corrected chi connectivity index (χ3v) is 3.23. The molecule has 2 nitrogen and oxygen atoms in total. The van der Waals surface area contributed by atoms with Crippen molar-refractivity contribution >= 4 is 0 Å². The van der Waals surface area contributed by atoms with Gasteiger partial charge in [-0.2, -0.15) is 0 Å². The van der Waals surface area contributed by atoms with Crippen molar-refractivity contribution in [1.29, 1.82) is 0 Å². The second-order valence-corrected chi connectivity index (χ2v) is 4.50. The minimum atomic E-state index is -0.283. The van der Waals surface area contributed by atoms with E-state index in [1.165, 1.54) is 6.42 Å². The topological polar surface area (TPSA) is 18.5 Å². The van der Waals surface area contributed by atoms with E-state index in [0.29, 0.717) is 6.61 Å².